The van der Waals surface area contributed by atoms with Crippen molar-refractivity contribution in [1.82, 2.24) is 37.8 Å². The van der Waals surface area contributed by atoms with Gasteiger partial charge in [-0.15, -0.1) is 0 Å². The summed E-state index contributed by atoms with van der Waals surface area (Å²) in [6.07, 6.45) is 0.757. The maximum atomic E-state index is 13.7. The summed E-state index contributed by atoms with van der Waals surface area (Å²) in [7, 11) is 3.56. The minimum absolute atomic E-state index is 0.141. The highest BCUT2D eigenvalue weighted by atomic mass is 16.2. The molecule has 16 nitrogen and oxygen atoms in total. The van der Waals surface area contributed by atoms with Crippen molar-refractivity contribution in [3.8, 4) is 0 Å². The lowest BCUT2D eigenvalue weighted by molar-refractivity contribution is 0.0977. The number of rotatable bonds is 10. The van der Waals surface area contributed by atoms with Crippen LogP contribution in [0.5, 0.6) is 0 Å². The van der Waals surface area contributed by atoms with Gasteiger partial charge in [0, 0.05) is 51.2 Å². The predicted octanol–water partition coefficient (Wildman–Crippen LogP) is 1.91. The molecule has 4 N–H and O–H groups in total. The van der Waals surface area contributed by atoms with Gasteiger partial charge in [-0.2, -0.15) is 20.2 Å². The van der Waals surface area contributed by atoms with Crippen molar-refractivity contribution in [2.45, 2.75) is 60.5 Å². The number of imidazole rings is 2. The van der Waals surface area contributed by atoms with E-state index in [9.17, 15) is 19.2 Å². The molecule has 4 amide bonds. The number of nitrogens with zero attached hydrogens (tertiary/aromatic N) is 10. The zero-order valence-electron chi connectivity index (χ0n) is 30.3. The average molecular weight is 705 g/mol. The molecular formula is C35H41BN12O4. The molecule has 0 saturated heterocycles. The van der Waals surface area contributed by atoms with Crippen molar-refractivity contribution in [3.63, 3.8) is 0 Å². The number of carbonyl (C=O) groups is 4. The second-order valence-electron chi connectivity index (χ2n) is 13.0. The second-order valence-corrected chi connectivity index (χ2v) is 13.0. The summed E-state index contributed by atoms with van der Waals surface area (Å²) in [6.45, 7) is 10.3. The Hall–Kier alpha value is -6.26. The second kappa shape index (κ2) is 13.8. The zero-order valence-corrected chi connectivity index (χ0v) is 30.3. The Balaban J connectivity index is 1.49. The van der Waals surface area contributed by atoms with E-state index in [1.165, 1.54) is 0 Å². The number of aryl methyl sites for hydroxylation is 6. The first-order valence-electron chi connectivity index (χ1n) is 17.0. The summed E-state index contributed by atoms with van der Waals surface area (Å²) < 4.78 is 10.6. The number of aromatic nitrogens is 8. The number of fused-ring (bicyclic) bond motifs is 2. The molecule has 6 rings (SSSR count). The molecule has 0 bridgehead atoms. The number of hydrogen-bond donors (Lipinski definition) is 2. The topological polar surface area (TPSA) is 200 Å². The molecule has 52 heavy (non-hydrogen) atoms. The first-order chi connectivity index (χ1) is 24.7. The molecule has 0 saturated carbocycles. The van der Waals surface area contributed by atoms with Gasteiger partial charge in [-0.3, -0.25) is 28.5 Å². The van der Waals surface area contributed by atoms with Crippen molar-refractivity contribution < 1.29 is 19.2 Å². The number of primary amides is 2. The highest BCUT2D eigenvalue weighted by Gasteiger charge is 2.22. The highest BCUT2D eigenvalue weighted by molar-refractivity contribution is 6.54. The van der Waals surface area contributed by atoms with E-state index in [-0.39, 0.29) is 6.71 Å². The van der Waals surface area contributed by atoms with Crippen LogP contribution in [0, 0.1) is 13.8 Å². The van der Waals surface area contributed by atoms with Gasteiger partial charge in [0.05, 0.1) is 33.5 Å². The van der Waals surface area contributed by atoms with Gasteiger partial charge in [0.2, 0.25) is 23.1 Å². The van der Waals surface area contributed by atoms with Crippen LogP contribution in [0.4, 0.5) is 0 Å². The van der Waals surface area contributed by atoms with Gasteiger partial charge in [-0.25, -0.2) is 0 Å². The van der Waals surface area contributed by atoms with Crippen molar-refractivity contribution >= 4 is 52.4 Å². The molecule has 0 spiro atoms. The van der Waals surface area contributed by atoms with Crippen LogP contribution in [-0.2, 0) is 40.1 Å². The third-order valence-electron chi connectivity index (χ3n) is 9.14. The molecule has 0 aliphatic carbocycles. The van der Waals surface area contributed by atoms with Crippen LogP contribution < -0.4 is 22.7 Å². The fourth-order valence-electron chi connectivity index (χ4n) is 6.67. The van der Waals surface area contributed by atoms with E-state index in [1.807, 2.05) is 43.7 Å². The van der Waals surface area contributed by atoms with Gasteiger partial charge >= 0.3 is 0 Å². The first-order valence-corrected chi connectivity index (χ1v) is 17.0. The largest absolute Gasteiger partial charge is 0.366 e. The molecule has 4 aromatic heterocycles. The van der Waals surface area contributed by atoms with Gasteiger partial charge < -0.3 is 29.7 Å². The van der Waals surface area contributed by atoms with Crippen LogP contribution in [0.1, 0.15) is 66.9 Å². The van der Waals surface area contributed by atoms with Gasteiger partial charge in [-0.1, -0.05) is 6.82 Å². The number of benzene rings is 2. The van der Waals surface area contributed by atoms with Crippen LogP contribution in [0.2, 0.25) is 6.82 Å². The number of hydrogen-bond acceptors (Lipinski definition) is 6. The smallest absolute Gasteiger partial charge is 0.298 e. The Morgan fingerprint density at radius 2 is 1.04 bits per heavy atom. The molecule has 0 unspecified atom stereocenters. The van der Waals surface area contributed by atoms with Crippen LogP contribution in [0.25, 0.3) is 22.1 Å². The van der Waals surface area contributed by atoms with Gasteiger partial charge in [0.1, 0.15) is 11.4 Å². The summed E-state index contributed by atoms with van der Waals surface area (Å²) in [5.41, 5.74) is 17.6. The Morgan fingerprint density at radius 3 is 1.38 bits per heavy atom. The lowest BCUT2D eigenvalue weighted by Crippen LogP contribution is -2.36. The minimum Gasteiger partial charge on any atom is -0.366 e. The maximum absolute atomic E-state index is 13.7. The fraction of sp³-hybridized carbons (Fsp3) is 0.314. The van der Waals surface area contributed by atoms with E-state index in [2.05, 4.69) is 20.2 Å². The summed E-state index contributed by atoms with van der Waals surface area (Å²) in [6, 6.07) is 13.7. The van der Waals surface area contributed by atoms with E-state index in [0.29, 0.717) is 82.2 Å². The Morgan fingerprint density at radius 1 is 0.654 bits per heavy atom. The molecule has 4 heterocycles. The van der Waals surface area contributed by atoms with Gasteiger partial charge in [0.25, 0.3) is 11.8 Å². The molecule has 268 valence electrons. The lowest BCUT2D eigenvalue weighted by Gasteiger charge is -2.13. The number of nitrogens with two attached hydrogens (primary N) is 2. The van der Waals surface area contributed by atoms with Crippen LogP contribution >= 0.6 is 0 Å². The molecule has 0 aliphatic heterocycles. The predicted molar refractivity (Wildman–Crippen MR) is 196 cm³/mol. The molecule has 0 fully saturated rings. The molecule has 0 aliphatic rings. The maximum Gasteiger partial charge on any atom is 0.298 e. The zero-order chi connectivity index (χ0) is 37.6. The van der Waals surface area contributed by atoms with Gasteiger partial charge in [-0.05, 0) is 76.2 Å². The van der Waals surface area contributed by atoms with Gasteiger partial charge in [0.15, 0.2) is 6.71 Å². The third kappa shape index (κ3) is 6.40. The number of carbonyl (C=O) groups excluding carboxylic acids is 4. The van der Waals surface area contributed by atoms with E-state index in [4.69, 9.17) is 11.5 Å². The molecule has 0 atom stereocenters. The summed E-state index contributed by atoms with van der Waals surface area (Å²) in [5, 5.41) is 8.82. The Bertz CT molecular complexity index is 2400. The monoisotopic (exact) mass is 704 g/mol. The van der Waals surface area contributed by atoms with Crippen molar-refractivity contribution in [2.75, 3.05) is 0 Å². The molecule has 0 radical (unpaired) electrons. The molecule has 6 aromatic rings. The minimum atomic E-state index is -0.574. The standard InChI is InChI=1S/C35H41BN12O4/c1-8-47-28(14-20(3)41-47)32(51)39-34-43(6)26-16-22(30(37)49)10-12-24(26)45(34)18-36(5)19-46-25-13-11-23(31(38)50)17-27(25)44(7)35(46)40-33(52)29-15-21(4)42-48(29)9-2/h10-17H,8-9,18-19H2,1-7H3,(H2,37,49)(H2,38,50). The Labute approximate surface area is 298 Å². The first kappa shape index (κ1) is 35.6. The average Bonchev–Trinajstić information content (AvgIpc) is 3.83. The SMILES string of the molecule is CCn1nc(C)cc1C(=O)N=c1n(C)c2cc(C(N)=O)ccc2n1CB(C)Cn1c(=NC(=O)c2cc(C)nn2CC)n(C)c2cc(C(N)=O)ccc21. The Kier molecular flexibility index (Phi) is 9.44. The number of amides is 4. The lowest BCUT2D eigenvalue weighted by atomic mass is 9.52. The fourth-order valence-corrected chi connectivity index (χ4v) is 6.67. The highest BCUT2D eigenvalue weighted by Crippen LogP contribution is 2.19. The molecule has 2 aromatic carbocycles. The van der Waals surface area contributed by atoms with Crippen molar-refractivity contribution in [3.05, 3.63) is 93.7 Å². The van der Waals surface area contributed by atoms with E-state index in [1.54, 1.807) is 81.1 Å². The summed E-state index contributed by atoms with van der Waals surface area (Å²) in [5.74, 6) is -2.07. The van der Waals surface area contributed by atoms with E-state index < -0.39 is 23.6 Å². The molecule has 17 heteroatoms. The summed E-state index contributed by atoms with van der Waals surface area (Å²) >= 11 is 0. The summed E-state index contributed by atoms with van der Waals surface area (Å²) in [4.78, 5) is 60.7. The van der Waals surface area contributed by atoms with E-state index >= 15 is 0 Å². The quantitative estimate of drug-likeness (QED) is 0.204. The normalized spacial score (nSPS) is 12.4. The van der Waals surface area contributed by atoms with E-state index in [0.717, 1.165) is 11.0 Å². The van der Waals surface area contributed by atoms with Crippen LogP contribution in [0.3, 0.4) is 0 Å². The van der Waals surface area contributed by atoms with Crippen LogP contribution in [-0.4, -0.2) is 68.2 Å². The van der Waals surface area contributed by atoms with Crippen molar-refractivity contribution in [2.24, 2.45) is 35.5 Å². The van der Waals surface area contributed by atoms with Crippen LogP contribution in [0.15, 0.2) is 58.5 Å². The third-order valence-corrected chi connectivity index (χ3v) is 9.14. The van der Waals surface area contributed by atoms with Crippen molar-refractivity contribution in [1.29, 1.82) is 0 Å². The molecular weight excluding hydrogens is 663 g/mol.